The second-order valence-electron chi connectivity index (χ2n) is 9.49. The molecule has 0 spiro atoms. The van der Waals surface area contributed by atoms with Gasteiger partial charge < -0.3 is 20.4 Å². The fourth-order valence-electron chi connectivity index (χ4n) is 6.46. The first-order valence-electron chi connectivity index (χ1n) is 9.48. The first kappa shape index (κ1) is 18.4. The maximum Gasteiger partial charge on any atom is 0.0858 e. The minimum Gasteiger partial charge on any atom is -0.396 e. The molecule has 0 aliphatic heterocycles. The third kappa shape index (κ3) is 2.66. The molecule has 3 rings (SSSR count). The summed E-state index contributed by atoms with van der Waals surface area (Å²) in [6.45, 7) is 6.41. The molecule has 4 heteroatoms. The molecule has 2 saturated carbocycles. The molecule has 0 radical (unpaired) electrons. The third-order valence-corrected chi connectivity index (χ3v) is 7.76. The van der Waals surface area contributed by atoms with Gasteiger partial charge in [-0.25, -0.2) is 0 Å². The van der Waals surface area contributed by atoms with Gasteiger partial charge in [0.1, 0.15) is 0 Å². The van der Waals surface area contributed by atoms with Gasteiger partial charge in [0.05, 0.1) is 18.8 Å². The maximum atomic E-state index is 10.5. The summed E-state index contributed by atoms with van der Waals surface area (Å²) in [5.74, 6) is 0.837. The first-order valence-corrected chi connectivity index (χ1v) is 9.48. The van der Waals surface area contributed by atoms with Crippen molar-refractivity contribution in [1.29, 1.82) is 0 Å². The highest BCUT2D eigenvalue weighted by Gasteiger charge is 2.57. The van der Waals surface area contributed by atoms with Crippen molar-refractivity contribution >= 4 is 0 Å². The maximum absolute atomic E-state index is 10.5. The van der Waals surface area contributed by atoms with Crippen LogP contribution in [0.4, 0.5) is 0 Å². The number of hydrogen-bond acceptors (Lipinski definition) is 4. The van der Waals surface area contributed by atoms with Gasteiger partial charge in [0.2, 0.25) is 0 Å². The Bertz CT molecular complexity index is 518. The number of aliphatic hydroxyl groups is 4. The minimum absolute atomic E-state index is 0.00469. The van der Waals surface area contributed by atoms with Crippen LogP contribution in [0.5, 0.6) is 0 Å². The Labute approximate surface area is 145 Å². The van der Waals surface area contributed by atoms with E-state index < -0.39 is 6.10 Å². The van der Waals surface area contributed by atoms with E-state index in [2.05, 4.69) is 19.9 Å². The summed E-state index contributed by atoms with van der Waals surface area (Å²) >= 11 is 0. The zero-order chi connectivity index (χ0) is 17.8. The van der Waals surface area contributed by atoms with Crippen LogP contribution in [0, 0.1) is 28.1 Å². The highest BCUT2D eigenvalue weighted by Crippen LogP contribution is 2.63. The zero-order valence-corrected chi connectivity index (χ0v) is 15.3. The lowest BCUT2D eigenvalue weighted by atomic mass is 9.44. The lowest BCUT2D eigenvalue weighted by molar-refractivity contribution is -0.134. The summed E-state index contributed by atoms with van der Waals surface area (Å²) in [6.07, 6.45) is 6.54. The van der Waals surface area contributed by atoms with E-state index in [9.17, 15) is 20.4 Å². The van der Waals surface area contributed by atoms with Crippen molar-refractivity contribution in [2.45, 2.75) is 71.5 Å². The van der Waals surface area contributed by atoms with Crippen molar-refractivity contribution < 1.29 is 20.4 Å². The van der Waals surface area contributed by atoms with E-state index in [1.165, 1.54) is 5.57 Å². The molecule has 4 nitrogen and oxygen atoms in total. The Hall–Kier alpha value is -0.420. The molecule has 0 aromatic carbocycles. The number of fused-ring (bicyclic) bond motifs is 3. The minimum atomic E-state index is -0.712. The predicted octanol–water partition coefficient (Wildman–Crippen LogP) is 2.25. The Kier molecular flexibility index (Phi) is 4.66. The quantitative estimate of drug-likeness (QED) is 0.595. The summed E-state index contributed by atoms with van der Waals surface area (Å²) in [5.41, 5.74) is 0.843. The van der Waals surface area contributed by atoms with Crippen LogP contribution >= 0.6 is 0 Å². The van der Waals surface area contributed by atoms with Gasteiger partial charge in [-0.1, -0.05) is 32.4 Å². The predicted molar refractivity (Wildman–Crippen MR) is 93.3 cm³/mol. The van der Waals surface area contributed by atoms with Crippen molar-refractivity contribution in [2.75, 3.05) is 13.2 Å². The Morgan fingerprint density at radius 2 is 1.88 bits per heavy atom. The van der Waals surface area contributed by atoms with Gasteiger partial charge in [-0.2, -0.15) is 0 Å². The van der Waals surface area contributed by atoms with Gasteiger partial charge in [-0.15, -0.1) is 0 Å². The lowest BCUT2D eigenvalue weighted by Crippen LogP contribution is -2.56. The SMILES string of the molecule is C[C@@]1(CO)C[C@H](O)C[C@@]2(C)[C@@H]3CC[C@](C)([C@@H](O)CO)C=C3CC[C@H]12. The molecule has 3 aliphatic rings. The lowest BCUT2D eigenvalue weighted by Gasteiger charge is -2.61. The normalized spacial score (nSPS) is 49.8. The monoisotopic (exact) mass is 338 g/mol. The van der Waals surface area contributed by atoms with Crippen LogP contribution in [-0.2, 0) is 0 Å². The summed E-state index contributed by atoms with van der Waals surface area (Å²) in [4.78, 5) is 0. The number of allylic oxidation sites excluding steroid dienone is 1. The second-order valence-corrected chi connectivity index (χ2v) is 9.49. The Morgan fingerprint density at radius 3 is 2.50 bits per heavy atom. The van der Waals surface area contributed by atoms with Gasteiger partial charge >= 0.3 is 0 Å². The van der Waals surface area contributed by atoms with Crippen LogP contribution in [0.25, 0.3) is 0 Å². The standard InChI is InChI=1S/C20H34O4/c1-18(17(24)11-21)7-6-15-13(8-18)4-5-16-19(2,12-22)9-14(23)10-20(15,16)3/h8,14-17,21-24H,4-7,9-12H2,1-3H3/t14-,15+,16+,17-,18-,19-,20-/m0/s1. The van der Waals surface area contributed by atoms with Gasteiger partial charge in [0, 0.05) is 12.0 Å². The van der Waals surface area contributed by atoms with Crippen molar-refractivity contribution in [3.8, 4) is 0 Å². The van der Waals surface area contributed by atoms with E-state index >= 15 is 0 Å². The highest BCUT2D eigenvalue weighted by atomic mass is 16.3. The van der Waals surface area contributed by atoms with E-state index in [4.69, 9.17) is 0 Å². The van der Waals surface area contributed by atoms with Crippen molar-refractivity contribution in [2.24, 2.45) is 28.1 Å². The van der Waals surface area contributed by atoms with Crippen molar-refractivity contribution in [1.82, 2.24) is 0 Å². The van der Waals surface area contributed by atoms with E-state index in [1.807, 2.05) is 6.92 Å². The summed E-state index contributed by atoms with van der Waals surface area (Å²) < 4.78 is 0. The molecule has 0 aromatic heterocycles. The average Bonchev–Trinajstić information content (AvgIpc) is 2.52. The molecular formula is C20H34O4. The molecular weight excluding hydrogens is 304 g/mol. The molecule has 24 heavy (non-hydrogen) atoms. The van der Waals surface area contributed by atoms with Crippen LogP contribution in [0.15, 0.2) is 11.6 Å². The number of hydrogen-bond donors (Lipinski definition) is 4. The zero-order valence-electron chi connectivity index (χ0n) is 15.3. The number of aliphatic hydroxyl groups excluding tert-OH is 4. The molecule has 4 N–H and O–H groups in total. The second kappa shape index (κ2) is 6.08. The highest BCUT2D eigenvalue weighted by molar-refractivity contribution is 5.25. The fraction of sp³-hybridized carbons (Fsp3) is 0.900. The summed E-state index contributed by atoms with van der Waals surface area (Å²) in [7, 11) is 0. The molecule has 0 amide bonds. The van der Waals surface area contributed by atoms with Gasteiger partial charge in [0.25, 0.3) is 0 Å². The van der Waals surface area contributed by atoms with Crippen LogP contribution in [0.2, 0.25) is 0 Å². The summed E-state index contributed by atoms with van der Waals surface area (Å²) in [5, 5.41) is 40.1. The molecule has 3 aliphatic carbocycles. The smallest absolute Gasteiger partial charge is 0.0858 e. The van der Waals surface area contributed by atoms with Gasteiger partial charge in [-0.05, 0) is 61.2 Å². The molecule has 7 atom stereocenters. The topological polar surface area (TPSA) is 80.9 Å². The molecule has 0 saturated heterocycles. The Balaban J connectivity index is 1.95. The molecule has 0 aromatic rings. The average molecular weight is 338 g/mol. The van der Waals surface area contributed by atoms with Crippen molar-refractivity contribution in [3.63, 3.8) is 0 Å². The van der Waals surface area contributed by atoms with E-state index in [-0.39, 0.29) is 35.6 Å². The number of rotatable bonds is 3. The van der Waals surface area contributed by atoms with Crippen LogP contribution in [0.3, 0.4) is 0 Å². The van der Waals surface area contributed by atoms with E-state index in [0.29, 0.717) is 18.3 Å². The van der Waals surface area contributed by atoms with Crippen LogP contribution in [0.1, 0.15) is 59.3 Å². The van der Waals surface area contributed by atoms with Gasteiger partial charge in [0.15, 0.2) is 0 Å². The third-order valence-electron chi connectivity index (χ3n) is 7.76. The van der Waals surface area contributed by atoms with E-state index in [1.54, 1.807) is 0 Å². The molecule has 0 unspecified atom stereocenters. The summed E-state index contributed by atoms with van der Waals surface area (Å²) in [6, 6.07) is 0. The van der Waals surface area contributed by atoms with E-state index in [0.717, 1.165) is 32.1 Å². The van der Waals surface area contributed by atoms with Crippen molar-refractivity contribution in [3.05, 3.63) is 11.6 Å². The molecule has 0 heterocycles. The molecule has 0 bridgehead atoms. The Morgan fingerprint density at radius 1 is 1.17 bits per heavy atom. The largest absolute Gasteiger partial charge is 0.396 e. The van der Waals surface area contributed by atoms with Gasteiger partial charge in [-0.3, -0.25) is 0 Å². The van der Waals surface area contributed by atoms with Crippen LogP contribution < -0.4 is 0 Å². The first-order chi connectivity index (χ1) is 11.2. The molecule has 138 valence electrons. The molecule has 2 fully saturated rings. The fourth-order valence-corrected chi connectivity index (χ4v) is 6.46. The van der Waals surface area contributed by atoms with Crippen LogP contribution in [-0.4, -0.2) is 45.8 Å².